The molecular formula is C14H20Br2N2O2S. The van der Waals surface area contributed by atoms with Gasteiger partial charge in [-0.1, -0.05) is 15.9 Å². The van der Waals surface area contributed by atoms with Gasteiger partial charge in [-0.2, -0.15) is 0 Å². The molecule has 1 saturated carbocycles. The number of sulfonamides is 1. The van der Waals surface area contributed by atoms with Crippen LogP contribution in [0.15, 0.2) is 26.0 Å². The minimum absolute atomic E-state index is 0.0402. The van der Waals surface area contributed by atoms with Crippen molar-refractivity contribution in [3.63, 3.8) is 0 Å². The second-order valence-corrected chi connectivity index (χ2v) is 9.27. The first kappa shape index (κ1) is 17.4. The third-order valence-electron chi connectivity index (χ3n) is 4.33. The Balaban J connectivity index is 2.21. The van der Waals surface area contributed by atoms with Gasteiger partial charge in [-0.25, -0.2) is 13.1 Å². The van der Waals surface area contributed by atoms with Gasteiger partial charge in [-0.05, 0) is 73.9 Å². The lowest BCUT2D eigenvalue weighted by molar-refractivity contribution is 0.0657. The summed E-state index contributed by atoms with van der Waals surface area (Å²) in [7, 11) is 0.485. The van der Waals surface area contributed by atoms with Crippen LogP contribution in [-0.4, -0.2) is 39.5 Å². The Bertz CT molecular complexity index is 641. The van der Waals surface area contributed by atoms with Crippen LogP contribution in [0.5, 0.6) is 0 Å². The second kappa shape index (κ2) is 6.28. The van der Waals surface area contributed by atoms with E-state index in [2.05, 4.69) is 41.5 Å². The molecule has 118 valence electrons. The van der Waals surface area contributed by atoms with E-state index in [1.54, 1.807) is 6.07 Å². The van der Waals surface area contributed by atoms with Crippen molar-refractivity contribution < 1.29 is 8.42 Å². The largest absolute Gasteiger partial charge is 0.302 e. The molecule has 0 bridgehead atoms. The predicted octanol–water partition coefficient (Wildman–Crippen LogP) is 3.28. The summed E-state index contributed by atoms with van der Waals surface area (Å²) in [6.45, 7) is 2.37. The van der Waals surface area contributed by atoms with Crippen LogP contribution in [0.1, 0.15) is 24.8 Å². The highest BCUT2D eigenvalue weighted by atomic mass is 79.9. The Morgan fingerprint density at radius 3 is 2.33 bits per heavy atom. The van der Waals surface area contributed by atoms with E-state index in [0.29, 0.717) is 11.0 Å². The van der Waals surface area contributed by atoms with Crippen molar-refractivity contribution in [2.24, 2.45) is 0 Å². The van der Waals surface area contributed by atoms with Crippen LogP contribution in [0.3, 0.4) is 0 Å². The van der Waals surface area contributed by atoms with Crippen LogP contribution in [-0.2, 0) is 10.0 Å². The lowest BCUT2D eigenvalue weighted by Gasteiger charge is -2.47. The van der Waals surface area contributed by atoms with Crippen molar-refractivity contribution >= 4 is 41.9 Å². The second-order valence-electron chi connectivity index (χ2n) is 5.83. The number of aryl methyl sites for hydroxylation is 1. The summed E-state index contributed by atoms with van der Waals surface area (Å²) < 4.78 is 29.2. The Labute approximate surface area is 143 Å². The lowest BCUT2D eigenvalue weighted by atomic mass is 9.76. The SMILES string of the molecule is Cc1cc(Br)c(S(=O)(=O)NCC2(N(C)C)CCC2)cc1Br. The molecule has 1 aromatic carbocycles. The molecule has 1 aromatic rings. The standard InChI is InChI=1S/C14H20Br2N2O2S/c1-10-7-12(16)13(8-11(10)15)21(19,20)17-9-14(18(2)3)5-4-6-14/h7-8,17H,4-6,9H2,1-3H3. The maximum atomic E-state index is 12.5. The van der Waals surface area contributed by atoms with Crippen LogP contribution in [0.4, 0.5) is 0 Å². The zero-order valence-electron chi connectivity index (χ0n) is 12.4. The summed E-state index contributed by atoms with van der Waals surface area (Å²) in [5, 5.41) is 0. The third kappa shape index (κ3) is 3.52. The van der Waals surface area contributed by atoms with Crippen molar-refractivity contribution in [1.29, 1.82) is 0 Å². The van der Waals surface area contributed by atoms with E-state index in [1.165, 1.54) is 0 Å². The molecule has 0 aromatic heterocycles. The van der Waals surface area contributed by atoms with E-state index in [1.807, 2.05) is 27.1 Å². The topological polar surface area (TPSA) is 49.4 Å². The molecule has 21 heavy (non-hydrogen) atoms. The first-order valence-electron chi connectivity index (χ1n) is 6.81. The van der Waals surface area contributed by atoms with Gasteiger partial charge in [0, 0.05) is 21.0 Å². The van der Waals surface area contributed by atoms with Crippen molar-refractivity contribution in [2.45, 2.75) is 36.6 Å². The number of hydrogen-bond donors (Lipinski definition) is 1. The molecule has 2 rings (SSSR count). The van der Waals surface area contributed by atoms with Gasteiger partial charge in [0.2, 0.25) is 10.0 Å². The van der Waals surface area contributed by atoms with Gasteiger partial charge < -0.3 is 4.90 Å². The number of nitrogens with one attached hydrogen (secondary N) is 1. The summed E-state index contributed by atoms with van der Waals surface area (Å²) >= 11 is 6.74. The third-order valence-corrected chi connectivity index (χ3v) is 7.54. The number of hydrogen-bond acceptors (Lipinski definition) is 3. The molecule has 0 aliphatic heterocycles. The van der Waals surface area contributed by atoms with Gasteiger partial charge in [0.15, 0.2) is 0 Å². The quantitative estimate of drug-likeness (QED) is 0.765. The highest BCUT2D eigenvalue weighted by Gasteiger charge is 2.40. The van der Waals surface area contributed by atoms with Crippen molar-refractivity contribution in [3.8, 4) is 0 Å². The van der Waals surface area contributed by atoms with Crippen molar-refractivity contribution in [1.82, 2.24) is 9.62 Å². The number of halogens is 2. The molecule has 7 heteroatoms. The average Bonchev–Trinajstić information content (AvgIpc) is 2.31. The first-order valence-corrected chi connectivity index (χ1v) is 9.88. The maximum absolute atomic E-state index is 12.5. The van der Waals surface area contributed by atoms with Gasteiger partial charge in [0.25, 0.3) is 0 Å². The van der Waals surface area contributed by atoms with Gasteiger partial charge >= 0.3 is 0 Å². The molecule has 4 nitrogen and oxygen atoms in total. The van der Waals surface area contributed by atoms with Crippen LogP contribution in [0, 0.1) is 6.92 Å². The summed E-state index contributed by atoms with van der Waals surface area (Å²) in [6.07, 6.45) is 3.21. The fourth-order valence-corrected chi connectivity index (χ4v) is 5.30. The Morgan fingerprint density at radius 2 is 1.86 bits per heavy atom. The Kier molecular flexibility index (Phi) is 5.20. The smallest absolute Gasteiger partial charge is 0.241 e. The van der Waals surface area contributed by atoms with E-state index < -0.39 is 10.0 Å². The number of rotatable bonds is 5. The molecule has 0 unspecified atom stereocenters. The summed E-state index contributed by atoms with van der Waals surface area (Å²) in [4.78, 5) is 2.40. The number of nitrogens with zero attached hydrogens (tertiary/aromatic N) is 1. The van der Waals surface area contributed by atoms with E-state index in [4.69, 9.17) is 0 Å². The van der Waals surface area contributed by atoms with Crippen LogP contribution < -0.4 is 4.72 Å². The van der Waals surface area contributed by atoms with Gasteiger partial charge in [-0.15, -0.1) is 0 Å². The van der Waals surface area contributed by atoms with Gasteiger partial charge in [0.1, 0.15) is 0 Å². The average molecular weight is 440 g/mol. The monoisotopic (exact) mass is 438 g/mol. The first-order chi connectivity index (χ1) is 9.68. The molecular weight excluding hydrogens is 420 g/mol. The van der Waals surface area contributed by atoms with Gasteiger partial charge in [0.05, 0.1) is 4.90 Å². The molecule has 0 amide bonds. The highest BCUT2D eigenvalue weighted by molar-refractivity contribution is 9.11. The summed E-state index contributed by atoms with van der Waals surface area (Å²) in [6, 6.07) is 3.45. The van der Waals surface area contributed by atoms with Crippen LogP contribution in [0.25, 0.3) is 0 Å². The van der Waals surface area contributed by atoms with E-state index >= 15 is 0 Å². The number of benzene rings is 1. The number of likely N-dealkylation sites (N-methyl/N-ethyl adjacent to an activating group) is 1. The fourth-order valence-electron chi connectivity index (χ4n) is 2.51. The molecule has 1 aliphatic rings. The normalized spacial score (nSPS) is 17.8. The van der Waals surface area contributed by atoms with E-state index in [0.717, 1.165) is 29.3 Å². The minimum atomic E-state index is -3.53. The Morgan fingerprint density at radius 1 is 1.24 bits per heavy atom. The highest BCUT2D eigenvalue weighted by Crippen LogP contribution is 2.36. The zero-order chi connectivity index (χ0) is 15.8. The molecule has 1 fully saturated rings. The van der Waals surface area contributed by atoms with Gasteiger partial charge in [-0.3, -0.25) is 0 Å². The predicted molar refractivity (Wildman–Crippen MR) is 92.0 cm³/mol. The molecule has 0 atom stereocenters. The molecule has 0 heterocycles. The molecule has 0 radical (unpaired) electrons. The van der Waals surface area contributed by atoms with Crippen molar-refractivity contribution in [2.75, 3.05) is 20.6 Å². The maximum Gasteiger partial charge on any atom is 0.241 e. The van der Waals surface area contributed by atoms with Crippen molar-refractivity contribution in [3.05, 3.63) is 26.6 Å². The van der Waals surface area contributed by atoms with Crippen LogP contribution in [0.2, 0.25) is 0 Å². The minimum Gasteiger partial charge on any atom is -0.302 e. The molecule has 1 N–H and O–H groups in total. The van der Waals surface area contributed by atoms with E-state index in [-0.39, 0.29) is 10.4 Å². The van der Waals surface area contributed by atoms with Crippen LogP contribution >= 0.6 is 31.9 Å². The van der Waals surface area contributed by atoms with E-state index in [9.17, 15) is 8.42 Å². The lowest BCUT2D eigenvalue weighted by Crippen LogP contribution is -2.57. The molecule has 0 spiro atoms. The fraction of sp³-hybridized carbons (Fsp3) is 0.571. The summed E-state index contributed by atoms with van der Waals surface area (Å²) in [5.41, 5.74) is 0.950. The molecule has 1 aliphatic carbocycles. The molecule has 0 saturated heterocycles. The Hall–Kier alpha value is 0.0500. The summed E-state index contributed by atoms with van der Waals surface area (Å²) in [5.74, 6) is 0. The zero-order valence-corrected chi connectivity index (χ0v) is 16.4.